The van der Waals surface area contributed by atoms with Gasteiger partial charge in [-0.2, -0.15) is 0 Å². The van der Waals surface area contributed by atoms with Crippen LogP contribution in [0.4, 0.5) is 0 Å². The Balaban J connectivity index is 1.22. The molecule has 5 heteroatoms. The molecular formula is C22H28N2O3. The molecule has 1 saturated carbocycles. The largest absolute Gasteiger partial charge is 0.381 e. The number of hydrogen-bond donors (Lipinski definition) is 0. The predicted molar refractivity (Wildman–Crippen MR) is 104 cm³/mol. The van der Waals surface area contributed by atoms with E-state index in [1.807, 2.05) is 40.9 Å². The molecule has 5 rings (SSSR count). The minimum absolute atomic E-state index is 0.122. The first kappa shape index (κ1) is 17.3. The maximum Gasteiger partial charge on any atom is 0.256 e. The topological polar surface area (TPSA) is 43.7 Å². The Morgan fingerprint density at radius 3 is 2.89 bits per heavy atom. The molecule has 1 aliphatic carbocycles. The van der Waals surface area contributed by atoms with Crippen molar-refractivity contribution >= 4 is 16.8 Å². The van der Waals surface area contributed by atoms with E-state index in [0.29, 0.717) is 19.0 Å². The van der Waals surface area contributed by atoms with Gasteiger partial charge in [-0.15, -0.1) is 0 Å². The van der Waals surface area contributed by atoms with Crippen LogP contribution in [0.5, 0.6) is 0 Å². The summed E-state index contributed by atoms with van der Waals surface area (Å²) in [7, 11) is 1.99. The summed E-state index contributed by atoms with van der Waals surface area (Å²) in [5.74, 6) is 1.45. The van der Waals surface area contributed by atoms with Crippen molar-refractivity contribution < 1.29 is 14.3 Å². The van der Waals surface area contributed by atoms with Crippen LogP contribution in [-0.2, 0) is 16.5 Å². The molecule has 2 aliphatic heterocycles. The van der Waals surface area contributed by atoms with Crippen LogP contribution in [0.1, 0.15) is 36.0 Å². The number of aromatic nitrogens is 1. The molecule has 0 unspecified atom stereocenters. The average molecular weight is 368 g/mol. The Bertz CT molecular complexity index is 848. The van der Waals surface area contributed by atoms with Crippen molar-refractivity contribution in [3.05, 3.63) is 36.0 Å². The van der Waals surface area contributed by atoms with Gasteiger partial charge in [-0.05, 0) is 43.6 Å². The van der Waals surface area contributed by atoms with Crippen LogP contribution in [0.25, 0.3) is 10.9 Å². The van der Waals surface area contributed by atoms with Crippen LogP contribution in [-0.4, -0.2) is 53.9 Å². The van der Waals surface area contributed by atoms with Gasteiger partial charge in [0.05, 0.1) is 18.7 Å². The van der Waals surface area contributed by atoms with Crippen molar-refractivity contribution in [2.24, 2.45) is 18.9 Å². The quantitative estimate of drug-likeness (QED) is 0.736. The normalized spacial score (nSPS) is 23.9. The van der Waals surface area contributed by atoms with E-state index in [1.165, 1.54) is 12.8 Å². The number of para-hydroxylation sites is 1. The zero-order valence-electron chi connectivity index (χ0n) is 16.0. The molecule has 5 nitrogen and oxygen atoms in total. The lowest BCUT2D eigenvalue weighted by Crippen LogP contribution is -2.66. The van der Waals surface area contributed by atoms with Crippen molar-refractivity contribution in [3.63, 3.8) is 0 Å². The summed E-state index contributed by atoms with van der Waals surface area (Å²) in [5.41, 5.74) is 1.76. The van der Waals surface area contributed by atoms with Gasteiger partial charge in [-0.1, -0.05) is 18.2 Å². The third kappa shape index (κ3) is 3.07. The molecule has 2 saturated heterocycles. The van der Waals surface area contributed by atoms with Crippen LogP contribution >= 0.6 is 0 Å². The molecule has 27 heavy (non-hydrogen) atoms. The lowest BCUT2D eigenvalue weighted by atomic mass is 9.79. The first-order valence-electron chi connectivity index (χ1n) is 10.2. The molecule has 3 aliphatic rings. The number of amides is 1. The molecular weight excluding hydrogens is 340 g/mol. The number of nitrogens with zero attached hydrogens (tertiary/aromatic N) is 2. The van der Waals surface area contributed by atoms with Gasteiger partial charge in [0.2, 0.25) is 0 Å². The van der Waals surface area contributed by atoms with Crippen molar-refractivity contribution in [2.75, 3.05) is 32.9 Å². The highest BCUT2D eigenvalue weighted by Crippen LogP contribution is 2.42. The molecule has 2 aromatic rings. The fraction of sp³-hybridized carbons (Fsp3) is 0.591. The number of ether oxygens (including phenoxy) is 2. The van der Waals surface area contributed by atoms with E-state index in [0.717, 1.165) is 55.0 Å². The van der Waals surface area contributed by atoms with E-state index in [2.05, 4.69) is 6.07 Å². The number of carbonyl (C=O) groups excluding carboxylic acids is 1. The van der Waals surface area contributed by atoms with Gasteiger partial charge >= 0.3 is 0 Å². The smallest absolute Gasteiger partial charge is 0.256 e. The minimum atomic E-state index is -0.136. The molecule has 1 atom stereocenters. The standard InChI is InChI=1S/C22H28N2O3/c1-23-12-19(18-4-2-3-5-20(18)23)21(25)24-14-22(15-24)17(9-11-27-22)8-10-26-13-16-6-7-16/h2-5,12,16-17H,6-11,13-15H2,1H3/t17-/m1/s1. The van der Waals surface area contributed by atoms with Crippen molar-refractivity contribution in [3.8, 4) is 0 Å². The second kappa shape index (κ2) is 6.64. The van der Waals surface area contributed by atoms with Gasteiger partial charge in [0.1, 0.15) is 5.60 Å². The summed E-state index contributed by atoms with van der Waals surface area (Å²) in [4.78, 5) is 15.0. The summed E-state index contributed by atoms with van der Waals surface area (Å²) in [5, 5.41) is 1.03. The molecule has 0 N–H and O–H groups in total. The minimum Gasteiger partial charge on any atom is -0.381 e. The Hall–Kier alpha value is -1.85. The Morgan fingerprint density at radius 1 is 1.26 bits per heavy atom. The number of benzene rings is 1. The molecule has 1 spiro atoms. The maximum absolute atomic E-state index is 13.1. The Morgan fingerprint density at radius 2 is 2.07 bits per heavy atom. The fourth-order valence-corrected chi connectivity index (χ4v) is 4.73. The molecule has 1 aromatic heterocycles. The second-order valence-corrected chi connectivity index (χ2v) is 8.54. The van der Waals surface area contributed by atoms with Gasteiger partial charge < -0.3 is 18.9 Å². The number of rotatable bonds is 6. The van der Waals surface area contributed by atoms with E-state index >= 15 is 0 Å². The van der Waals surface area contributed by atoms with Crippen LogP contribution < -0.4 is 0 Å². The predicted octanol–water partition coefficient (Wildman–Crippen LogP) is 3.23. The molecule has 0 radical (unpaired) electrons. The van der Waals surface area contributed by atoms with Gasteiger partial charge in [0, 0.05) is 44.0 Å². The van der Waals surface area contributed by atoms with Gasteiger partial charge in [0.15, 0.2) is 0 Å². The summed E-state index contributed by atoms with van der Waals surface area (Å²) in [6, 6.07) is 8.09. The van der Waals surface area contributed by atoms with E-state index in [1.54, 1.807) is 0 Å². The van der Waals surface area contributed by atoms with Gasteiger partial charge in [-0.3, -0.25) is 4.79 Å². The number of hydrogen-bond acceptors (Lipinski definition) is 3. The van der Waals surface area contributed by atoms with Gasteiger partial charge in [-0.25, -0.2) is 0 Å². The van der Waals surface area contributed by atoms with E-state index in [9.17, 15) is 4.79 Å². The van der Waals surface area contributed by atoms with Crippen LogP contribution in [0.2, 0.25) is 0 Å². The third-order valence-corrected chi connectivity index (χ3v) is 6.59. The second-order valence-electron chi connectivity index (χ2n) is 8.54. The lowest BCUT2D eigenvalue weighted by Gasteiger charge is -2.50. The first-order valence-corrected chi connectivity index (χ1v) is 10.2. The fourth-order valence-electron chi connectivity index (χ4n) is 4.73. The monoisotopic (exact) mass is 368 g/mol. The van der Waals surface area contributed by atoms with Crippen LogP contribution in [0.3, 0.4) is 0 Å². The Labute approximate surface area is 160 Å². The number of fused-ring (bicyclic) bond motifs is 1. The van der Waals surface area contributed by atoms with Crippen LogP contribution in [0.15, 0.2) is 30.5 Å². The molecule has 3 fully saturated rings. The highest BCUT2D eigenvalue weighted by Gasteiger charge is 2.54. The van der Waals surface area contributed by atoms with E-state index in [4.69, 9.17) is 9.47 Å². The van der Waals surface area contributed by atoms with Crippen molar-refractivity contribution in [2.45, 2.75) is 31.3 Å². The zero-order valence-corrected chi connectivity index (χ0v) is 16.0. The molecule has 1 amide bonds. The SMILES string of the molecule is Cn1cc(C(=O)N2CC3(C2)OCC[C@H]3CCOCC2CC2)c2ccccc21. The molecule has 144 valence electrons. The summed E-state index contributed by atoms with van der Waals surface area (Å²) in [6.45, 7) is 3.98. The number of aryl methyl sites for hydroxylation is 1. The number of likely N-dealkylation sites (tertiary alicyclic amines) is 1. The van der Waals surface area contributed by atoms with E-state index < -0.39 is 0 Å². The maximum atomic E-state index is 13.1. The average Bonchev–Trinajstić information content (AvgIpc) is 3.28. The molecule has 3 heterocycles. The summed E-state index contributed by atoms with van der Waals surface area (Å²) < 4.78 is 14.0. The Kier molecular flexibility index (Phi) is 4.25. The van der Waals surface area contributed by atoms with Crippen LogP contribution in [0, 0.1) is 11.8 Å². The van der Waals surface area contributed by atoms with Crippen molar-refractivity contribution in [1.82, 2.24) is 9.47 Å². The summed E-state index contributed by atoms with van der Waals surface area (Å²) in [6.07, 6.45) is 6.76. The number of carbonyl (C=O) groups is 1. The zero-order chi connectivity index (χ0) is 18.4. The highest BCUT2D eigenvalue weighted by atomic mass is 16.5. The lowest BCUT2D eigenvalue weighted by molar-refractivity contribution is -0.120. The van der Waals surface area contributed by atoms with E-state index in [-0.39, 0.29) is 11.5 Å². The highest BCUT2D eigenvalue weighted by molar-refractivity contribution is 6.07. The van der Waals surface area contributed by atoms with Crippen molar-refractivity contribution in [1.29, 1.82) is 0 Å². The third-order valence-electron chi connectivity index (χ3n) is 6.59. The first-order chi connectivity index (χ1) is 13.2. The van der Waals surface area contributed by atoms with Gasteiger partial charge in [0.25, 0.3) is 5.91 Å². The molecule has 1 aromatic carbocycles. The summed E-state index contributed by atoms with van der Waals surface area (Å²) >= 11 is 0. The molecule has 0 bridgehead atoms.